The highest BCUT2D eigenvalue weighted by atomic mass is 35.5. The summed E-state index contributed by atoms with van der Waals surface area (Å²) in [5.74, 6) is 0.967. The molecule has 1 unspecified atom stereocenters. The lowest BCUT2D eigenvalue weighted by Crippen LogP contribution is -2.34. The first-order valence-corrected chi connectivity index (χ1v) is 12.3. The maximum atomic E-state index is 13.7. The fraction of sp³-hybridized carbons (Fsp3) is 0.379. The van der Waals surface area contributed by atoms with Crippen LogP contribution in [0, 0.1) is 12.3 Å². The van der Waals surface area contributed by atoms with Crippen LogP contribution in [-0.2, 0) is 10.2 Å². The van der Waals surface area contributed by atoms with Crippen LogP contribution in [0.15, 0.2) is 59.8 Å². The molecule has 4 nitrogen and oxygen atoms in total. The lowest BCUT2D eigenvalue weighted by atomic mass is 9.68. The zero-order chi connectivity index (χ0) is 24.4. The molecule has 1 aliphatic heterocycles. The molecule has 0 saturated heterocycles. The number of carbonyl (C=O) groups excluding carboxylic acids is 1. The number of aryl methyl sites for hydroxylation is 1. The van der Waals surface area contributed by atoms with Gasteiger partial charge in [0.25, 0.3) is 0 Å². The number of nitrogens with one attached hydrogen (secondary N) is 1. The van der Waals surface area contributed by atoms with Crippen molar-refractivity contribution in [3.63, 3.8) is 0 Å². The molecule has 34 heavy (non-hydrogen) atoms. The minimum atomic E-state index is -0.226. The van der Waals surface area contributed by atoms with Crippen LogP contribution in [0.4, 0.5) is 5.82 Å². The third-order valence-corrected chi connectivity index (χ3v) is 7.21. The van der Waals surface area contributed by atoms with E-state index in [1.54, 1.807) is 0 Å². The average Bonchev–Trinajstić information content (AvgIpc) is 3.12. The Balaban J connectivity index is 1.84. The van der Waals surface area contributed by atoms with Gasteiger partial charge in [0.15, 0.2) is 5.78 Å². The van der Waals surface area contributed by atoms with Gasteiger partial charge in [-0.05, 0) is 36.5 Å². The molecule has 0 spiro atoms. The summed E-state index contributed by atoms with van der Waals surface area (Å²) in [5, 5.41) is 9.46. The fourth-order valence-corrected chi connectivity index (χ4v) is 5.55. The molecule has 2 heterocycles. The first-order chi connectivity index (χ1) is 16.0. The lowest BCUT2D eigenvalue weighted by molar-refractivity contribution is -0.118. The molecule has 0 bridgehead atoms. The van der Waals surface area contributed by atoms with Crippen LogP contribution < -0.4 is 5.32 Å². The Morgan fingerprint density at radius 1 is 1.06 bits per heavy atom. The number of allylic oxidation sites excluding steroid dienone is 2. The Morgan fingerprint density at radius 3 is 2.38 bits per heavy atom. The van der Waals surface area contributed by atoms with Gasteiger partial charge >= 0.3 is 0 Å². The van der Waals surface area contributed by atoms with Gasteiger partial charge in [-0.2, -0.15) is 5.10 Å². The van der Waals surface area contributed by atoms with Crippen molar-refractivity contribution in [2.24, 2.45) is 5.41 Å². The van der Waals surface area contributed by atoms with Crippen LogP contribution in [0.2, 0.25) is 5.02 Å². The van der Waals surface area contributed by atoms with Crippen molar-refractivity contribution < 1.29 is 4.79 Å². The van der Waals surface area contributed by atoms with Crippen LogP contribution in [0.25, 0.3) is 5.69 Å². The van der Waals surface area contributed by atoms with Crippen molar-refractivity contribution in [3.05, 3.63) is 87.2 Å². The number of halogens is 1. The molecule has 1 N–H and O–H groups in total. The molecule has 1 aliphatic carbocycles. The normalized spacial score (nSPS) is 19.5. The molecule has 2 aromatic carbocycles. The minimum Gasteiger partial charge on any atom is -0.343 e. The van der Waals surface area contributed by atoms with Gasteiger partial charge < -0.3 is 5.32 Å². The molecule has 1 atom stereocenters. The summed E-state index contributed by atoms with van der Waals surface area (Å²) in [5.41, 5.74) is 6.78. The summed E-state index contributed by atoms with van der Waals surface area (Å²) < 4.78 is 1.94. The molecule has 0 amide bonds. The third-order valence-electron chi connectivity index (χ3n) is 6.89. The number of ketones is 1. The average molecular weight is 474 g/mol. The molecule has 0 radical (unpaired) electrons. The molecular weight excluding hydrogens is 442 g/mol. The summed E-state index contributed by atoms with van der Waals surface area (Å²) in [6.45, 7) is 12.9. The maximum absolute atomic E-state index is 13.7. The number of anilines is 1. The number of hydrogen-bond donors (Lipinski definition) is 1. The quantitative estimate of drug-likeness (QED) is 0.423. The molecule has 1 aromatic heterocycles. The topological polar surface area (TPSA) is 46.9 Å². The molecule has 2 aliphatic rings. The highest BCUT2D eigenvalue weighted by Gasteiger charge is 2.44. The minimum absolute atomic E-state index is 0.0969. The van der Waals surface area contributed by atoms with Gasteiger partial charge in [0.1, 0.15) is 5.82 Å². The van der Waals surface area contributed by atoms with E-state index in [1.807, 2.05) is 28.9 Å². The Morgan fingerprint density at radius 2 is 1.74 bits per heavy atom. The number of Topliss-reactive ketones (excluding diaryl/α,β-unsaturated/α-hetero) is 1. The van der Waals surface area contributed by atoms with Crippen LogP contribution in [-0.4, -0.2) is 15.6 Å². The van der Waals surface area contributed by atoms with Crippen molar-refractivity contribution in [1.29, 1.82) is 0 Å². The van der Waals surface area contributed by atoms with Crippen LogP contribution in [0.1, 0.15) is 75.8 Å². The smallest absolute Gasteiger partial charge is 0.162 e. The van der Waals surface area contributed by atoms with Crippen LogP contribution >= 0.6 is 11.6 Å². The van der Waals surface area contributed by atoms with Crippen molar-refractivity contribution >= 4 is 23.2 Å². The summed E-state index contributed by atoms with van der Waals surface area (Å²) >= 11 is 6.65. The van der Waals surface area contributed by atoms with Gasteiger partial charge in [0.2, 0.25) is 0 Å². The van der Waals surface area contributed by atoms with Crippen molar-refractivity contribution in [2.45, 2.75) is 65.7 Å². The number of carbonyl (C=O) groups is 1. The van der Waals surface area contributed by atoms with E-state index in [-0.39, 0.29) is 22.5 Å². The fourth-order valence-electron chi connectivity index (χ4n) is 5.34. The molecule has 5 rings (SSSR count). The summed E-state index contributed by atoms with van der Waals surface area (Å²) in [6.07, 6.45) is 1.36. The number of aromatic nitrogens is 2. The molecule has 0 saturated carbocycles. The monoisotopic (exact) mass is 473 g/mol. The number of hydrogen-bond acceptors (Lipinski definition) is 3. The number of fused-ring (bicyclic) bond motifs is 1. The second kappa shape index (κ2) is 7.84. The van der Waals surface area contributed by atoms with Gasteiger partial charge in [-0.1, -0.05) is 88.2 Å². The van der Waals surface area contributed by atoms with E-state index >= 15 is 0 Å². The van der Waals surface area contributed by atoms with E-state index < -0.39 is 0 Å². The van der Waals surface area contributed by atoms with E-state index in [4.69, 9.17) is 16.7 Å². The van der Waals surface area contributed by atoms with Crippen molar-refractivity contribution in [3.8, 4) is 5.69 Å². The Hall–Kier alpha value is -2.85. The van der Waals surface area contributed by atoms with Gasteiger partial charge in [-0.3, -0.25) is 4.79 Å². The number of rotatable bonds is 2. The second-order valence-electron chi connectivity index (χ2n) is 11.5. The first-order valence-electron chi connectivity index (χ1n) is 11.9. The Labute approximate surface area is 207 Å². The maximum Gasteiger partial charge on any atom is 0.162 e. The standard InChI is InChI=1S/C29H32ClN3O/c1-17-11-13-18(14-12-17)23-24-20(15-29(5,6)16-22(24)34)31-27-25(23)26(28(2,3)4)32-33(27)21-10-8-7-9-19(21)30/h7-14,23,31H,15-16H2,1-6H3. The summed E-state index contributed by atoms with van der Waals surface area (Å²) in [4.78, 5) is 13.7. The number of nitrogens with zero attached hydrogens (tertiary/aromatic N) is 2. The Kier molecular flexibility index (Phi) is 5.29. The number of benzene rings is 2. The zero-order valence-electron chi connectivity index (χ0n) is 20.8. The SMILES string of the molecule is Cc1ccc(C2C3=C(CC(C)(C)CC3=O)Nc3c2c(C(C)(C)C)nn3-c2ccccc2Cl)cc1. The predicted octanol–water partition coefficient (Wildman–Crippen LogP) is 7.33. The Bertz CT molecular complexity index is 1320. The highest BCUT2D eigenvalue weighted by Crippen LogP contribution is 2.52. The van der Waals surface area contributed by atoms with E-state index in [1.165, 1.54) is 5.56 Å². The van der Waals surface area contributed by atoms with Gasteiger partial charge in [-0.25, -0.2) is 4.68 Å². The molecular formula is C29H32ClN3O. The van der Waals surface area contributed by atoms with Gasteiger partial charge in [-0.15, -0.1) is 0 Å². The third kappa shape index (κ3) is 3.78. The lowest BCUT2D eigenvalue weighted by Gasteiger charge is -2.39. The van der Waals surface area contributed by atoms with Crippen molar-refractivity contribution in [2.75, 3.05) is 5.32 Å². The molecule has 3 aromatic rings. The predicted molar refractivity (Wildman–Crippen MR) is 139 cm³/mol. The molecule has 176 valence electrons. The molecule has 0 fully saturated rings. The largest absolute Gasteiger partial charge is 0.343 e. The van der Waals surface area contributed by atoms with Gasteiger partial charge in [0, 0.05) is 34.6 Å². The van der Waals surface area contributed by atoms with Crippen LogP contribution in [0.5, 0.6) is 0 Å². The van der Waals surface area contributed by atoms with Crippen LogP contribution in [0.3, 0.4) is 0 Å². The van der Waals surface area contributed by atoms with E-state index in [0.717, 1.165) is 46.0 Å². The zero-order valence-corrected chi connectivity index (χ0v) is 21.5. The summed E-state index contributed by atoms with van der Waals surface area (Å²) in [6, 6.07) is 16.4. The van der Waals surface area contributed by atoms with E-state index in [9.17, 15) is 4.79 Å². The second-order valence-corrected chi connectivity index (χ2v) is 11.9. The van der Waals surface area contributed by atoms with E-state index in [2.05, 4.69) is 71.1 Å². The first kappa shape index (κ1) is 22.9. The summed E-state index contributed by atoms with van der Waals surface area (Å²) in [7, 11) is 0. The van der Waals surface area contributed by atoms with E-state index in [0.29, 0.717) is 11.4 Å². The highest BCUT2D eigenvalue weighted by molar-refractivity contribution is 6.32. The van der Waals surface area contributed by atoms with Gasteiger partial charge in [0.05, 0.1) is 16.4 Å². The number of para-hydroxylation sites is 1. The molecule has 5 heteroatoms. The van der Waals surface area contributed by atoms with Crippen molar-refractivity contribution in [1.82, 2.24) is 9.78 Å².